The van der Waals surface area contributed by atoms with Crippen molar-refractivity contribution < 1.29 is 9.18 Å². The Kier molecular flexibility index (Phi) is 4.51. The smallest absolute Gasteiger partial charge is 0.283 e. The van der Waals surface area contributed by atoms with Crippen LogP contribution in [0.15, 0.2) is 47.6 Å². The van der Waals surface area contributed by atoms with E-state index in [9.17, 15) is 9.18 Å². The molecule has 1 aromatic heterocycles. The van der Waals surface area contributed by atoms with E-state index in [1.807, 2.05) is 12.1 Å². The Morgan fingerprint density at radius 3 is 2.67 bits per heavy atom. The Morgan fingerprint density at radius 2 is 1.96 bits per heavy atom. The molecular formula is C17H13ClFN3OS. The van der Waals surface area contributed by atoms with Crippen LogP contribution in [-0.2, 0) is 0 Å². The summed E-state index contributed by atoms with van der Waals surface area (Å²) in [6.45, 7) is 1.77. The molecular weight excluding hydrogens is 349 g/mol. The molecule has 122 valence electrons. The predicted molar refractivity (Wildman–Crippen MR) is 97.3 cm³/mol. The van der Waals surface area contributed by atoms with Crippen LogP contribution >= 0.6 is 22.9 Å². The van der Waals surface area contributed by atoms with E-state index in [4.69, 9.17) is 17.3 Å². The first-order valence-corrected chi connectivity index (χ1v) is 8.23. The third-order valence-corrected chi connectivity index (χ3v) is 5.11. The van der Waals surface area contributed by atoms with Gasteiger partial charge in [-0.2, -0.15) is 5.10 Å². The fourth-order valence-electron chi connectivity index (χ4n) is 2.16. The van der Waals surface area contributed by atoms with Crippen LogP contribution in [-0.4, -0.2) is 11.6 Å². The lowest BCUT2D eigenvalue weighted by atomic mass is 10.1. The number of amides is 1. The summed E-state index contributed by atoms with van der Waals surface area (Å²) in [7, 11) is 0. The van der Waals surface area contributed by atoms with Crippen LogP contribution in [0, 0.1) is 5.82 Å². The first-order valence-electron chi connectivity index (χ1n) is 7.04. The highest BCUT2D eigenvalue weighted by atomic mass is 35.5. The van der Waals surface area contributed by atoms with Crippen molar-refractivity contribution in [2.45, 2.75) is 6.92 Å². The molecule has 0 fully saturated rings. The van der Waals surface area contributed by atoms with Gasteiger partial charge in [-0.3, -0.25) is 4.79 Å². The first-order chi connectivity index (χ1) is 11.5. The maximum atomic E-state index is 13.3. The topological polar surface area (TPSA) is 67.5 Å². The van der Waals surface area contributed by atoms with E-state index in [1.54, 1.807) is 25.1 Å². The monoisotopic (exact) mass is 361 g/mol. The molecule has 4 nitrogen and oxygen atoms in total. The summed E-state index contributed by atoms with van der Waals surface area (Å²) in [5.74, 6) is -0.805. The predicted octanol–water partition coefficient (Wildman–Crippen LogP) is 4.43. The quantitative estimate of drug-likeness (QED) is 0.411. The Hall–Kier alpha value is -2.44. The molecule has 0 aliphatic rings. The number of hydrazone groups is 1. The van der Waals surface area contributed by atoms with E-state index in [1.165, 1.54) is 12.1 Å². The number of benzene rings is 2. The fourth-order valence-corrected chi connectivity index (χ4v) is 3.59. The number of hydrogen-bond donors (Lipinski definition) is 2. The number of anilines is 1. The Labute approximate surface area is 146 Å². The van der Waals surface area contributed by atoms with E-state index >= 15 is 0 Å². The molecule has 0 radical (unpaired) electrons. The molecule has 1 heterocycles. The molecule has 0 atom stereocenters. The molecule has 1 amide bonds. The summed E-state index contributed by atoms with van der Waals surface area (Å²) in [5, 5.41) is 5.02. The highest BCUT2D eigenvalue weighted by Gasteiger charge is 2.17. The SMILES string of the molecule is C/C(=N\NC(=O)c1sc2cc(F)ccc2c1Cl)c1ccc(N)cc1. The van der Waals surface area contributed by atoms with Crippen LogP contribution in [0.1, 0.15) is 22.2 Å². The van der Waals surface area contributed by atoms with Gasteiger partial charge >= 0.3 is 0 Å². The molecule has 24 heavy (non-hydrogen) atoms. The fraction of sp³-hybridized carbons (Fsp3) is 0.0588. The van der Waals surface area contributed by atoms with Crippen molar-refractivity contribution in [3.8, 4) is 0 Å². The normalized spacial score (nSPS) is 11.7. The Bertz CT molecular complexity index is 950. The van der Waals surface area contributed by atoms with Gasteiger partial charge < -0.3 is 5.73 Å². The number of carbonyl (C=O) groups excluding carboxylic acids is 1. The van der Waals surface area contributed by atoms with Gasteiger partial charge in [0, 0.05) is 15.8 Å². The average Bonchev–Trinajstić information content (AvgIpc) is 2.89. The van der Waals surface area contributed by atoms with Gasteiger partial charge in [-0.05, 0) is 42.8 Å². The van der Waals surface area contributed by atoms with Crippen LogP contribution < -0.4 is 11.2 Å². The molecule has 3 aromatic rings. The molecule has 0 bridgehead atoms. The van der Waals surface area contributed by atoms with E-state index in [-0.39, 0.29) is 5.82 Å². The number of carbonyl (C=O) groups is 1. The van der Waals surface area contributed by atoms with E-state index in [0.717, 1.165) is 16.9 Å². The maximum Gasteiger partial charge on any atom is 0.283 e. The molecule has 3 N–H and O–H groups in total. The molecule has 0 aliphatic heterocycles. The molecule has 0 spiro atoms. The van der Waals surface area contributed by atoms with Gasteiger partial charge in [0.2, 0.25) is 0 Å². The molecule has 0 saturated carbocycles. The third kappa shape index (κ3) is 3.25. The largest absolute Gasteiger partial charge is 0.399 e. The van der Waals surface area contributed by atoms with Gasteiger partial charge in [0.25, 0.3) is 5.91 Å². The molecule has 0 unspecified atom stereocenters. The van der Waals surface area contributed by atoms with Crippen molar-refractivity contribution in [2.24, 2.45) is 5.10 Å². The van der Waals surface area contributed by atoms with Crippen molar-refractivity contribution in [1.29, 1.82) is 0 Å². The number of nitrogen functional groups attached to an aromatic ring is 1. The number of nitrogens with two attached hydrogens (primary N) is 1. The lowest BCUT2D eigenvalue weighted by Gasteiger charge is -2.02. The van der Waals surface area contributed by atoms with Crippen LogP contribution in [0.3, 0.4) is 0 Å². The summed E-state index contributed by atoms with van der Waals surface area (Å²) >= 11 is 7.34. The third-order valence-electron chi connectivity index (χ3n) is 3.45. The van der Waals surface area contributed by atoms with Crippen molar-refractivity contribution >= 4 is 50.3 Å². The Morgan fingerprint density at radius 1 is 1.25 bits per heavy atom. The van der Waals surface area contributed by atoms with E-state index < -0.39 is 5.91 Å². The minimum absolute atomic E-state index is 0.297. The second-order valence-electron chi connectivity index (χ2n) is 5.15. The number of fused-ring (bicyclic) bond motifs is 1. The van der Waals surface area contributed by atoms with Crippen LogP contribution in [0.2, 0.25) is 5.02 Å². The summed E-state index contributed by atoms with van der Waals surface area (Å²) in [4.78, 5) is 12.6. The van der Waals surface area contributed by atoms with Gasteiger partial charge in [-0.25, -0.2) is 9.82 Å². The minimum Gasteiger partial charge on any atom is -0.399 e. The second-order valence-corrected chi connectivity index (χ2v) is 6.58. The molecule has 3 rings (SSSR count). The number of thiophene rings is 1. The minimum atomic E-state index is -0.434. The van der Waals surface area contributed by atoms with Gasteiger partial charge in [0.15, 0.2) is 0 Å². The zero-order chi connectivity index (χ0) is 17.3. The highest BCUT2D eigenvalue weighted by Crippen LogP contribution is 2.35. The molecule has 0 saturated heterocycles. The van der Waals surface area contributed by atoms with Crippen molar-refractivity contribution in [2.75, 3.05) is 5.73 Å². The summed E-state index contributed by atoms with van der Waals surface area (Å²) in [6, 6.07) is 11.4. The molecule has 2 aromatic carbocycles. The summed E-state index contributed by atoms with van der Waals surface area (Å²) in [5.41, 5.74) is 10.2. The number of nitrogens with zero attached hydrogens (tertiary/aromatic N) is 1. The lowest BCUT2D eigenvalue weighted by Crippen LogP contribution is -2.18. The summed E-state index contributed by atoms with van der Waals surface area (Å²) < 4.78 is 13.9. The average molecular weight is 362 g/mol. The standard InChI is InChI=1S/C17H13ClFN3OS/c1-9(10-2-5-12(20)6-3-10)21-22-17(23)16-15(18)13-7-4-11(19)8-14(13)24-16/h2-8H,20H2,1H3,(H,22,23)/b21-9+. The highest BCUT2D eigenvalue weighted by molar-refractivity contribution is 7.21. The van der Waals surface area contributed by atoms with Crippen LogP contribution in [0.25, 0.3) is 10.1 Å². The van der Waals surface area contributed by atoms with Crippen LogP contribution in [0.4, 0.5) is 10.1 Å². The number of hydrogen-bond acceptors (Lipinski definition) is 4. The Balaban J connectivity index is 1.83. The molecule has 0 aliphatic carbocycles. The van der Waals surface area contributed by atoms with Gasteiger partial charge in [-0.15, -0.1) is 11.3 Å². The first kappa shape index (κ1) is 16.4. The molecule has 7 heteroatoms. The zero-order valence-electron chi connectivity index (χ0n) is 12.6. The number of halogens is 2. The van der Waals surface area contributed by atoms with Crippen LogP contribution in [0.5, 0.6) is 0 Å². The second kappa shape index (κ2) is 6.59. The van der Waals surface area contributed by atoms with Gasteiger partial charge in [0.05, 0.1) is 10.7 Å². The van der Waals surface area contributed by atoms with E-state index in [2.05, 4.69) is 10.5 Å². The van der Waals surface area contributed by atoms with Crippen molar-refractivity contribution in [3.63, 3.8) is 0 Å². The number of nitrogens with one attached hydrogen (secondary N) is 1. The summed E-state index contributed by atoms with van der Waals surface area (Å²) in [6.07, 6.45) is 0. The van der Waals surface area contributed by atoms with Gasteiger partial charge in [0.1, 0.15) is 10.7 Å². The van der Waals surface area contributed by atoms with Crippen molar-refractivity contribution in [1.82, 2.24) is 5.43 Å². The van der Waals surface area contributed by atoms with Crippen molar-refractivity contribution in [3.05, 3.63) is 63.7 Å². The maximum absolute atomic E-state index is 13.3. The lowest BCUT2D eigenvalue weighted by molar-refractivity contribution is 0.0959. The van der Waals surface area contributed by atoms with E-state index in [0.29, 0.717) is 31.4 Å². The van der Waals surface area contributed by atoms with Gasteiger partial charge in [-0.1, -0.05) is 23.7 Å². The zero-order valence-corrected chi connectivity index (χ0v) is 14.2. The number of rotatable bonds is 3.